The number of hydrogen-bond donors (Lipinski definition) is 1. The molecule has 0 radical (unpaired) electrons. The molecule has 1 N–H and O–H groups in total. The van der Waals surface area contributed by atoms with Crippen LogP contribution in [0.4, 0.5) is 5.69 Å². The number of fused-ring (bicyclic) bond motifs is 1. The van der Waals surface area contributed by atoms with Crippen LogP contribution in [0.1, 0.15) is 44.9 Å². The first-order valence-corrected chi connectivity index (χ1v) is 11.9. The summed E-state index contributed by atoms with van der Waals surface area (Å²) in [4.78, 5) is 29.6. The van der Waals surface area contributed by atoms with Crippen LogP contribution in [-0.2, 0) is 9.59 Å². The largest absolute Gasteiger partial charge is 0.490 e. The third-order valence-electron chi connectivity index (χ3n) is 6.33. The van der Waals surface area contributed by atoms with Gasteiger partial charge in [-0.1, -0.05) is 24.4 Å². The quantitative estimate of drug-likeness (QED) is 0.761. The molecule has 3 heterocycles. The summed E-state index contributed by atoms with van der Waals surface area (Å²) >= 11 is 6.33. The molecule has 31 heavy (non-hydrogen) atoms. The van der Waals surface area contributed by atoms with E-state index in [0.29, 0.717) is 41.3 Å². The van der Waals surface area contributed by atoms with Gasteiger partial charge in [0, 0.05) is 37.6 Å². The van der Waals surface area contributed by atoms with Gasteiger partial charge in [0.05, 0.1) is 30.5 Å². The van der Waals surface area contributed by atoms with Gasteiger partial charge in [0.25, 0.3) is 0 Å². The number of rotatable bonds is 4. The van der Waals surface area contributed by atoms with E-state index >= 15 is 0 Å². The molecule has 8 heteroatoms. The number of ether oxygens (including phenoxy) is 2. The fourth-order valence-corrected chi connectivity index (χ4v) is 4.76. The summed E-state index contributed by atoms with van der Waals surface area (Å²) in [7, 11) is 0. The Bertz CT molecular complexity index is 787. The maximum atomic E-state index is 12.8. The maximum Gasteiger partial charge on any atom is 0.238 e. The molecule has 1 aromatic carbocycles. The topological polar surface area (TPSA) is 71.1 Å². The summed E-state index contributed by atoms with van der Waals surface area (Å²) in [5, 5.41) is 3.33. The van der Waals surface area contributed by atoms with Crippen LogP contribution in [-0.4, -0.2) is 67.6 Å². The van der Waals surface area contributed by atoms with Crippen molar-refractivity contribution in [3.63, 3.8) is 0 Å². The van der Waals surface area contributed by atoms with E-state index in [1.807, 2.05) is 0 Å². The first-order valence-electron chi connectivity index (χ1n) is 11.5. The second-order valence-electron chi connectivity index (χ2n) is 8.67. The number of amides is 2. The Morgan fingerprint density at radius 3 is 2.26 bits per heavy atom. The van der Waals surface area contributed by atoms with E-state index in [4.69, 9.17) is 21.1 Å². The predicted octanol–water partition coefficient (Wildman–Crippen LogP) is 3.55. The number of benzene rings is 1. The molecule has 0 aromatic heterocycles. The number of halogens is 1. The van der Waals surface area contributed by atoms with Gasteiger partial charge in [0.2, 0.25) is 11.8 Å². The smallest absolute Gasteiger partial charge is 0.238 e. The molecule has 0 atom stereocenters. The minimum absolute atomic E-state index is 0.0913. The van der Waals surface area contributed by atoms with Gasteiger partial charge < -0.3 is 19.7 Å². The number of hydrogen-bond acceptors (Lipinski definition) is 5. The Morgan fingerprint density at radius 2 is 1.58 bits per heavy atom. The highest BCUT2D eigenvalue weighted by molar-refractivity contribution is 6.34. The van der Waals surface area contributed by atoms with Crippen LogP contribution in [0.5, 0.6) is 11.5 Å². The fourth-order valence-electron chi connectivity index (χ4n) is 4.56. The Morgan fingerprint density at radius 1 is 0.935 bits per heavy atom. The van der Waals surface area contributed by atoms with Crippen molar-refractivity contribution >= 4 is 29.1 Å². The number of likely N-dealkylation sites (tertiary alicyclic amines) is 2. The van der Waals surface area contributed by atoms with E-state index < -0.39 is 0 Å². The van der Waals surface area contributed by atoms with Gasteiger partial charge in [-0.25, -0.2) is 0 Å². The van der Waals surface area contributed by atoms with Crippen molar-refractivity contribution in [1.29, 1.82) is 0 Å². The van der Waals surface area contributed by atoms with Crippen LogP contribution in [0.2, 0.25) is 5.02 Å². The van der Waals surface area contributed by atoms with Gasteiger partial charge in [-0.05, 0) is 38.8 Å². The molecule has 2 saturated heterocycles. The second-order valence-corrected chi connectivity index (χ2v) is 9.07. The molecule has 2 fully saturated rings. The van der Waals surface area contributed by atoms with Crippen LogP contribution in [0.15, 0.2) is 12.1 Å². The third-order valence-corrected chi connectivity index (χ3v) is 6.65. The Kier molecular flexibility index (Phi) is 7.56. The zero-order valence-corrected chi connectivity index (χ0v) is 18.8. The van der Waals surface area contributed by atoms with E-state index in [-0.39, 0.29) is 18.4 Å². The summed E-state index contributed by atoms with van der Waals surface area (Å²) in [6, 6.07) is 3.42. The molecule has 0 unspecified atom stereocenters. The van der Waals surface area contributed by atoms with Gasteiger partial charge in [0.15, 0.2) is 11.5 Å². The van der Waals surface area contributed by atoms with E-state index in [1.165, 1.54) is 12.8 Å². The highest BCUT2D eigenvalue weighted by Crippen LogP contribution is 2.37. The fraction of sp³-hybridized carbons (Fsp3) is 0.652. The van der Waals surface area contributed by atoms with Crippen LogP contribution in [0.3, 0.4) is 0 Å². The molecule has 2 amide bonds. The molecule has 0 aliphatic carbocycles. The first-order chi connectivity index (χ1) is 15.1. The lowest BCUT2D eigenvalue weighted by Gasteiger charge is -2.33. The average Bonchev–Trinajstić information content (AvgIpc) is 3.17. The highest BCUT2D eigenvalue weighted by atomic mass is 35.5. The third kappa shape index (κ3) is 5.83. The summed E-state index contributed by atoms with van der Waals surface area (Å²) in [5.74, 6) is 1.49. The van der Waals surface area contributed by atoms with Crippen molar-refractivity contribution in [2.75, 3.05) is 51.3 Å². The maximum absolute atomic E-state index is 12.8. The zero-order valence-electron chi connectivity index (χ0n) is 18.0. The van der Waals surface area contributed by atoms with Crippen LogP contribution in [0.25, 0.3) is 0 Å². The summed E-state index contributed by atoms with van der Waals surface area (Å²) < 4.78 is 11.3. The lowest BCUT2D eigenvalue weighted by Crippen LogP contribution is -2.44. The Labute approximate surface area is 189 Å². The van der Waals surface area contributed by atoms with Crippen LogP contribution in [0, 0.1) is 5.92 Å². The first kappa shape index (κ1) is 22.2. The summed E-state index contributed by atoms with van der Waals surface area (Å²) in [6.07, 6.45) is 7.13. The molecule has 170 valence electrons. The van der Waals surface area contributed by atoms with Gasteiger partial charge in [-0.2, -0.15) is 0 Å². The molecule has 4 rings (SSSR count). The van der Waals surface area contributed by atoms with Gasteiger partial charge in [-0.3, -0.25) is 14.5 Å². The minimum atomic E-state index is -0.117. The molecular weight excluding hydrogens is 418 g/mol. The molecule has 1 aromatic rings. The normalized spacial score (nSPS) is 20.6. The van der Waals surface area contributed by atoms with Crippen LogP contribution >= 0.6 is 11.6 Å². The average molecular weight is 450 g/mol. The number of carbonyl (C=O) groups is 2. The monoisotopic (exact) mass is 449 g/mol. The number of nitrogens with one attached hydrogen (secondary N) is 1. The second kappa shape index (κ2) is 10.6. The molecule has 7 nitrogen and oxygen atoms in total. The predicted molar refractivity (Wildman–Crippen MR) is 120 cm³/mol. The minimum Gasteiger partial charge on any atom is -0.490 e. The van der Waals surface area contributed by atoms with Crippen molar-refractivity contribution in [3.05, 3.63) is 17.2 Å². The highest BCUT2D eigenvalue weighted by Gasteiger charge is 2.29. The van der Waals surface area contributed by atoms with Gasteiger partial charge >= 0.3 is 0 Å². The number of carbonyl (C=O) groups excluding carboxylic acids is 2. The van der Waals surface area contributed by atoms with Gasteiger partial charge in [-0.15, -0.1) is 0 Å². The SMILES string of the molecule is O=C(CN1CCC(C(=O)N2CCCCCC2)CC1)Nc1cc2c(cc1Cl)OCCCO2. The Balaban J connectivity index is 1.26. The van der Waals surface area contributed by atoms with E-state index in [1.54, 1.807) is 12.1 Å². The van der Waals surface area contributed by atoms with Crippen molar-refractivity contribution in [2.45, 2.75) is 44.9 Å². The molecule has 3 aliphatic rings. The molecule has 3 aliphatic heterocycles. The van der Waals surface area contributed by atoms with Crippen molar-refractivity contribution in [1.82, 2.24) is 9.80 Å². The van der Waals surface area contributed by atoms with Crippen molar-refractivity contribution in [2.24, 2.45) is 5.92 Å². The summed E-state index contributed by atoms with van der Waals surface area (Å²) in [6.45, 7) is 4.77. The number of piperidine rings is 1. The summed E-state index contributed by atoms with van der Waals surface area (Å²) in [5.41, 5.74) is 0.530. The zero-order chi connectivity index (χ0) is 21.6. The number of nitrogens with zero attached hydrogens (tertiary/aromatic N) is 2. The van der Waals surface area contributed by atoms with Crippen molar-refractivity contribution in [3.8, 4) is 11.5 Å². The van der Waals surface area contributed by atoms with E-state index in [2.05, 4.69) is 15.1 Å². The van der Waals surface area contributed by atoms with Crippen LogP contribution < -0.4 is 14.8 Å². The standard InChI is InChI=1S/C23H32ClN3O4/c24-18-14-20-21(31-13-5-12-30-20)15-19(18)25-22(28)16-26-10-6-17(7-11-26)23(29)27-8-3-1-2-4-9-27/h14-15,17H,1-13,16H2,(H,25,28). The molecular formula is C23H32ClN3O4. The van der Waals surface area contributed by atoms with Crippen molar-refractivity contribution < 1.29 is 19.1 Å². The Hall–Kier alpha value is -1.99. The lowest BCUT2D eigenvalue weighted by atomic mass is 9.95. The number of anilines is 1. The molecule has 0 saturated carbocycles. The van der Waals surface area contributed by atoms with E-state index in [9.17, 15) is 9.59 Å². The van der Waals surface area contributed by atoms with E-state index in [0.717, 1.165) is 58.3 Å². The molecule has 0 bridgehead atoms. The lowest BCUT2D eigenvalue weighted by molar-refractivity contribution is -0.137. The van der Waals surface area contributed by atoms with Gasteiger partial charge in [0.1, 0.15) is 0 Å². The molecule has 0 spiro atoms.